The Balaban J connectivity index is 2.10. The van der Waals surface area contributed by atoms with Gasteiger partial charge < -0.3 is 9.88 Å². The van der Waals surface area contributed by atoms with E-state index in [-0.39, 0.29) is 0 Å². The van der Waals surface area contributed by atoms with Crippen molar-refractivity contribution in [3.8, 4) is 0 Å². The first-order valence-electron chi connectivity index (χ1n) is 7.39. The average molecular weight is 249 g/mol. The molecule has 0 radical (unpaired) electrons. The second kappa shape index (κ2) is 5.87. The molecule has 0 aromatic carbocycles. The van der Waals surface area contributed by atoms with Crippen LogP contribution < -0.4 is 5.32 Å². The van der Waals surface area contributed by atoms with Gasteiger partial charge in [-0.1, -0.05) is 20.8 Å². The molecule has 2 heterocycles. The molecule has 18 heavy (non-hydrogen) atoms. The number of hydrogen-bond acceptors (Lipinski definition) is 2. The van der Waals surface area contributed by atoms with Crippen molar-refractivity contribution >= 4 is 0 Å². The van der Waals surface area contributed by atoms with E-state index in [1.807, 2.05) is 6.33 Å². The molecule has 0 spiro atoms. The third-order valence-electron chi connectivity index (χ3n) is 3.91. The first-order valence-corrected chi connectivity index (χ1v) is 7.39. The molecule has 1 aromatic rings. The Labute approximate surface area is 111 Å². The topological polar surface area (TPSA) is 29.9 Å². The molecule has 1 aliphatic rings. The fourth-order valence-electron chi connectivity index (χ4n) is 3.33. The maximum absolute atomic E-state index is 4.33. The Hall–Kier alpha value is -0.830. The number of nitrogens with one attached hydrogen (secondary N) is 1. The number of nitrogens with zero attached hydrogens (tertiary/aromatic N) is 2. The summed E-state index contributed by atoms with van der Waals surface area (Å²) in [5.74, 6) is 0.748. The maximum Gasteiger partial charge on any atom is 0.0948 e. The molecule has 102 valence electrons. The van der Waals surface area contributed by atoms with Gasteiger partial charge in [0.2, 0.25) is 0 Å². The van der Waals surface area contributed by atoms with Crippen LogP contribution in [0.15, 0.2) is 12.5 Å². The minimum Gasteiger partial charge on any atom is -0.335 e. The van der Waals surface area contributed by atoms with Crippen molar-refractivity contribution in [2.24, 2.45) is 5.92 Å². The van der Waals surface area contributed by atoms with E-state index in [9.17, 15) is 0 Å². The summed E-state index contributed by atoms with van der Waals surface area (Å²) >= 11 is 0. The predicted molar refractivity (Wildman–Crippen MR) is 75.6 cm³/mol. The zero-order chi connectivity index (χ0) is 13.0. The van der Waals surface area contributed by atoms with Crippen LogP contribution >= 0.6 is 0 Å². The number of hydrogen-bond donors (Lipinski definition) is 1. The predicted octanol–water partition coefficient (Wildman–Crippen LogP) is 3.00. The fraction of sp³-hybridized carbons (Fsp3) is 0.800. The van der Waals surface area contributed by atoms with Crippen molar-refractivity contribution in [2.45, 2.75) is 65.0 Å². The molecule has 2 rings (SSSR count). The standard InChI is InChI=1S/C15H27N3/c1-4-8-18-12-16-11-14(18)10-15(9-13(2)3)6-5-7-17-15/h11-13,17H,4-10H2,1-3H3. The van der Waals surface area contributed by atoms with Crippen LogP contribution in [0.5, 0.6) is 0 Å². The van der Waals surface area contributed by atoms with Gasteiger partial charge >= 0.3 is 0 Å². The zero-order valence-electron chi connectivity index (χ0n) is 12.1. The molecule has 1 unspecified atom stereocenters. The van der Waals surface area contributed by atoms with Crippen LogP contribution in [0, 0.1) is 5.92 Å². The molecule has 0 aliphatic carbocycles. The zero-order valence-corrected chi connectivity index (χ0v) is 12.1. The summed E-state index contributed by atoms with van der Waals surface area (Å²) < 4.78 is 2.32. The average Bonchev–Trinajstić information content (AvgIpc) is 2.90. The summed E-state index contributed by atoms with van der Waals surface area (Å²) in [5.41, 5.74) is 1.71. The minimum absolute atomic E-state index is 0.319. The molecule has 1 aliphatic heterocycles. The largest absolute Gasteiger partial charge is 0.335 e. The minimum atomic E-state index is 0.319. The first kappa shape index (κ1) is 13.6. The molecule has 1 N–H and O–H groups in total. The van der Waals surface area contributed by atoms with E-state index < -0.39 is 0 Å². The van der Waals surface area contributed by atoms with E-state index in [1.165, 1.54) is 37.9 Å². The maximum atomic E-state index is 4.33. The molecule has 1 fully saturated rings. The molecular formula is C15H27N3. The van der Waals surface area contributed by atoms with Crippen LogP contribution in [0.25, 0.3) is 0 Å². The summed E-state index contributed by atoms with van der Waals surface area (Å²) in [4.78, 5) is 4.33. The van der Waals surface area contributed by atoms with Crippen molar-refractivity contribution in [1.82, 2.24) is 14.9 Å². The van der Waals surface area contributed by atoms with Gasteiger partial charge in [0.1, 0.15) is 0 Å². The van der Waals surface area contributed by atoms with E-state index in [2.05, 4.69) is 41.8 Å². The van der Waals surface area contributed by atoms with Gasteiger partial charge in [-0.2, -0.15) is 0 Å². The monoisotopic (exact) mass is 249 g/mol. The van der Waals surface area contributed by atoms with Gasteiger partial charge in [-0.15, -0.1) is 0 Å². The SMILES string of the molecule is CCCn1cncc1CC1(CC(C)C)CCCN1. The first-order chi connectivity index (χ1) is 8.65. The van der Waals surface area contributed by atoms with Crippen molar-refractivity contribution in [3.05, 3.63) is 18.2 Å². The van der Waals surface area contributed by atoms with Crippen LogP contribution in [0.4, 0.5) is 0 Å². The highest BCUT2D eigenvalue weighted by Crippen LogP contribution is 2.30. The van der Waals surface area contributed by atoms with Gasteiger partial charge in [-0.3, -0.25) is 0 Å². The van der Waals surface area contributed by atoms with Gasteiger partial charge in [0.25, 0.3) is 0 Å². The number of rotatable bonds is 6. The number of imidazole rings is 1. The molecule has 1 saturated heterocycles. The molecule has 0 bridgehead atoms. The lowest BCUT2D eigenvalue weighted by molar-refractivity contribution is 0.296. The molecule has 3 nitrogen and oxygen atoms in total. The normalized spacial score (nSPS) is 24.0. The molecule has 0 saturated carbocycles. The van der Waals surface area contributed by atoms with Crippen LogP contribution in [-0.4, -0.2) is 21.6 Å². The number of aromatic nitrogens is 2. The summed E-state index contributed by atoms with van der Waals surface area (Å²) in [5, 5.41) is 3.77. The van der Waals surface area contributed by atoms with Crippen LogP contribution in [0.2, 0.25) is 0 Å². The Morgan fingerprint density at radius 3 is 2.94 bits per heavy atom. The van der Waals surface area contributed by atoms with Crippen LogP contribution in [0.1, 0.15) is 52.1 Å². The Kier molecular flexibility index (Phi) is 4.44. The number of aryl methyl sites for hydroxylation is 1. The molecule has 1 atom stereocenters. The highest BCUT2D eigenvalue weighted by molar-refractivity contribution is 5.08. The smallest absolute Gasteiger partial charge is 0.0948 e. The van der Waals surface area contributed by atoms with Gasteiger partial charge in [0.05, 0.1) is 6.33 Å². The van der Waals surface area contributed by atoms with E-state index in [0.717, 1.165) is 18.9 Å². The quantitative estimate of drug-likeness (QED) is 0.840. The lowest BCUT2D eigenvalue weighted by Crippen LogP contribution is -2.43. The third-order valence-corrected chi connectivity index (χ3v) is 3.91. The van der Waals surface area contributed by atoms with Crippen molar-refractivity contribution in [2.75, 3.05) is 6.54 Å². The second-order valence-electron chi connectivity index (χ2n) is 6.16. The third kappa shape index (κ3) is 3.14. The molecule has 3 heteroatoms. The Morgan fingerprint density at radius 2 is 2.33 bits per heavy atom. The van der Waals surface area contributed by atoms with Crippen molar-refractivity contribution < 1.29 is 0 Å². The van der Waals surface area contributed by atoms with Crippen LogP contribution in [-0.2, 0) is 13.0 Å². The summed E-state index contributed by atoms with van der Waals surface area (Å²) in [6.07, 6.45) is 10.2. The van der Waals surface area contributed by atoms with Crippen LogP contribution in [0.3, 0.4) is 0 Å². The summed E-state index contributed by atoms with van der Waals surface area (Å²) in [7, 11) is 0. The molecule has 1 aromatic heterocycles. The summed E-state index contributed by atoms with van der Waals surface area (Å²) in [6.45, 7) is 9.14. The highest BCUT2D eigenvalue weighted by Gasteiger charge is 2.34. The summed E-state index contributed by atoms with van der Waals surface area (Å²) in [6, 6.07) is 0. The van der Waals surface area contributed by atoms with E-state index in [0.29, 0.717) is 5.54 Å². The van der Waals surface area contributed by atoms with Crippen molar-refractivity contribution in [3.63, 3.8) is 0 Å². The Morgan fingerprint density at radius 1 is 1.50 bits per heavy atom. The van der Waals surface area contributed by atoms with E-state index in [4.69, 9.17) is 0 Å². The fourth-order valence-corrected chi connectivity index (χ4v) is 3.33. The van der Waals surface area contributed by atoms with Crippen molar-refractivity contribution in [1.29, 1.82) is 0 Å². The molecular weight excluding hydrogens is 222 g/mol. The van der Waals surface area contributed by atoms with Gasteiger partial charge in [0.15, 0.2) is 0 Å². The van der Waals surface area contributed by atoms with Gasteiger partial charge in [-0.25, -0.2) is 4.98 Å². The van der Waals surface area contributed by atoms with Gasteiger partial charge in [-0.05, 0) is 38.1 Å². The molecule has 0 amide bonds. The lowest BCUT2D eigenvalue weighted by Gasteiger charge is -2.31. The lowest BCUT2D eigenvalue weighted by atomic mass is 9.83. The van der Waals surface area contributed by atoms with E-state index in [1.54, 1.807) is 0 Å². The second-order valence-corrected chi connectivity index (χ2v) is 6.16. The highest BCUT2D eigenvalue weighted by atomic mass is 15.1. The van der Waals surface area contributed by atoms with Gasteiger partial charge in [0, 0.05) is 30.4 Å². The Bertz CT molecular complexity index is 362. The van der Waals surface area contributed by atoms with E-state index >= 15 is 0 Å².